The van der Waals surface area contributed by atoms with Gasteiger partial charge in [-0.05, 0) is 58.0 Å². The standard InChI is InChI=1S/C17H19I/c1-13(2)16-10-6-9-15(17(16)18)12-11-14-7-4-3-5-8-14/h3-10,13H,11-12H2,1-2H3. The summed E-state index contributed by atoms with van der Waals surface area (Å²) in [5, 5.41) is 0. The lowest BCUT2D eigenvalue weighted by Gasteiger charge is -2.12. The van der Waals surface area contributed by atoms with Gasteiger partial charge >= 0.3 is 0 Å². The molecule has 0 amide bonds. The predicted octanol–water partition coefficient (Wildman–Crippen LogP) is 5.20. The summed E-state index contributed by atoms with van der Waals surface area (Å²) in [4.78, 5) is 0. The topological polar surface area (TPSA) is 0 Å². The molecule has 2 aromatic carbocycles. The Hall–Kier alpha value is -0.830. The Balaban J connectivity index is 2.13. The second kappa shape index (κ2) is 6.37. The van der Waals surface area contributed by atoms with E-state index >= 15 is 0 Å². The Bertz CT molecular complexity index is 500. The zero-order chi connectivity index (χ0) is 13.0. The number of hydrogen-bond acceptors (Lipinski definition) is 0. The van der Waals surface area contributed by atoms with Gasteiger partial charge in [-0.3, -0.25) is 0 Å². The molecule has 0 saturated heterocycles. The minimum absolute atomic E-state index is 0.605. The van der Waals surface area contributed by atoms with Gasteiger partial charge in [0.05, 0.1) is 0 Å². The Morgan fingerprint density at radius 3 is 2.28 bits per heavy atom. The highest BCUT2D eigenvalue weighted by atomic mass is 127. The first-order valence-corrected chi connectivity index (χ1v) is 7.57. The maximum Gasteiger partial charge on any atom is 0.0197 e. The minimum Gasteiger partial charge on any atom is -0.0622 e. The van der Waals surface area contributed by atoms with Crippen molar-refractivity contribution in [2.24, 2.45) is 0 Å². The summed E-state index contributed by atoms with van der Waals surface area (Å²) < 4.78 is 1.45. The van der Waals surface area contributed by atoms with E-state index < -0.39 is 0 Å². The number of halogens is 1. The lowest BCUT2D eigenvalue weighted by molar-refractivity contribution is 0.848. The van der Waals surface area contributed by atoms with Crippen LogP contribution in [0.1, 0.15) is 36.5 Å². The van der Waals surface area contributed by atoms with Crippen LogP contribution in [0.25, 0.3) is 0 Å². The normalized spacial score (nSPS) is 10.9. The molecule has 0 atom stereocenters. The second-order valence-corrected chi connectivity index (χ2v) is 6.04. The van der Waals surface area contributed by atoms with Gasteiger partial charge in [-0.2, -0.15) is 0 Å². The molecule has 0 nitrogen and oxygen atoms in total. The molecule has 0 heterocycles. The van der Waals surface area contributed by atoms with Gasteiger partial charge in [0, 0.05) is 3.57 Å². The van der Waals surface area contributed by atoms with Crippen molar-refractivity contribution >= 4 is 22.6 Å². The zero-order valence-electron chi connectivity index (χ0n) is 11.0. The Labute approximate surface area is 124 Å². The molecule has 0 bridgehead atoms. The van der Waals surface area contributed by atoms with Crippen molar-refractivity contribution in [2.75, 3.05) is 0 Å². The Morgan fingerprint density at radius 2 is 1.61 bits per heavy atom. The van der Waals surface area contributed by atoms with E-state index in [1.54, 1.807) is 0 Å². The quantitative estimate of drug-likeness (QED) is 0.665. The summed E-state index contributed by atoms with van der Waals surface area (Å²) in [6.45, 7) is 4.52. The average Bonchev–Trinajstić information content (AvgIpc) is 2.38. The lowest BCUT2D eigenvalue weighted by atomic mass is 9.98. The maximum atomic E-state index is 2.50. The van der Waals surface area contributed by atoms with Crippen molar-refractivity contribution in [3.8, 4) is 0 Å². The van der Waals surface area contributed by atoms with Crippen LogP contribution in [-0.4, -0.2) is 0 Å². The van der Waals surface area contributed by atoms with E-state index in [2.05, 4.69) is 85.0 Å². The number of benzene rings is 2. The summed E-state index contributed by atoms with van der Waals surface area (Å²) in [6, 6.07) is 17.4. The number of rotatable bonds is 4. The molecule has 0 fully saturated rings. The molecule has 2 rings (SSSR count). The molecule has 0 aliphatic heterocycles. The fraction of sp³-hybridized carbons (Fsp3) is 0.294. The van der Waals surface area contributed by atoms with Crippen molar-refractivity contribution in [1.29, 1.82) is 0 Å². The first kappa shape index (κ1) is 13.6. The van der Waals surface area contributed by atoms with Crippen molar-refractivity contribution in [1.82, 2.24) is 0 Å². The average molecular weight is 350 g/mol. The molecule has 0 unspecified atom stereocenters. The van der Waals surface area contributed by atoms with Gasteiger partial charge in [0.2, 0.25) is 0 Å². The van der Waals surface area contributed by atoms with Crippen molar-refractivity contribution in [2.45, 2.75) is 32.6 Å². The Morgan fingerprint density at radius 1 is 0.889 bits per heavy atom. The molecule has 18 heavy (non-hydrogen) atoms. The summed E-state index contributed by atoms with van der Waals surface area (Å²) >= 11 is 2.50. The SMILES string of the molecule is CC(C)c1cccc(CCc2ccccc2)c1I. The Kier molecular flexibility index (Phi) is 4.81. The molecule has 94 valence electrons. The van der Waals surface area contributed by atoms with Gasteiger partial charge in [-0.25, -0.2) is 0 Å². The van der Waals surface area contributed by atoms with Gasteiger partial charge in [-0.15, -0.1) is 0 Å². The van der Waals surface area contributed by atoms with Gasteiger partial charge < -0.3 is 0 Å². The van der Waals surface area contributed by atoms with Crippen LogP contribution >= 0.6 is 22.6 Å². The molecular formula is C17H19I. The smallest absolute Gasteiger partial charge is 0.0197 e. The van der Waals surface area contributed by atoms with Gasteiger partial charge in [-0.1, -0.05) is 62.4 Å². The molecule has 0 aliphatic carbocycles. The summed E-state index contributed by atoms with van der Waals surface area (Å²) in [6.07, 6.45) is 2.25. The fourth-order valence-electron chi connectivity index (χ4n) is 2.16. The van der Waals surface area contributed by atoms with E-state index in [1.807, 2.05) is 0 Å². The first-order chi connectivity index (χ1) is 8.68. The van der Waals surface area contributed by atoms with Crippen LogP contribution in [0.4, 0.5) is 0 Å². The van der Waals surface area contributed by atoms with Crippen LogP contribution in [0.5, 0.6) is 0 Å². The van der Waals surface area contributed by atoms with E-state index in [4.69, 9.17) is 0 Å². The van der Waals surface area contributed by atoms with Gasteiger partial charge in [0.25, 0.3) is 0 Å². The van der Waals surface area contributed by atoms with E-state index in [9.17, 15) is 0 Å². The summed E-state index contributed by atoms with van der Waals surface area (Å²) in [5.41, 5.74) is 4.37. The van der Waals surface area contributed by atoms with Crippen LogP contribution in [-0.2, 0) is 12.8 Å². The van der Waals surface area contributed by atoms with Gasteiger partial charge in [0.1, 0.15) is 0 Å². The second-order valence-electron chi connectivity index (χ2n) is 4.96. The summed E-state index contributed by atoms with van der Waals surface area (Å²) in [7, 11) is 0. The van der Waals surface area contributed by atoms with Crippen molar-refractivity contribution < 1.29 is 0 Å². The molecule has 1 heteroatoms. The third-order valence-corrected chi connectivity index (χ3v) is 4.57. The zero-order valence-corrected chi connectivity index (χ0v) is 13.1. The van der Waals surface area contributed by atoms with Crippen LogP contribution in [0.3, 0.4) is 0 Å². The largest absolute Gasteiger partial charge is 0.0622 e. The fourth-order valence-corrected chi connectivity index (χ4v) is 3.41. The van der Waals surface area contributed by atoms with E-state index in [0.29, 0.717) is 5.92 Å². The third-order valence-electron chi connectivity index (χ3n) is 3.26. The van der Waals surface area contributed by atoms with Crippen LogP contribution in [0, 0.1) is 3.57 Å². The molecule has 0 aromatic heterocycles. The molecule has 0 aliphatic rings. The highest BCUT2D eigenvalue weighted by Gasteiger charge is 2.08. The molecule has 0 N–H and O–H groups in total. The van der Waals surface area contributed by atoms with Crippen molar-refractivity contribution in [3.05, 3.63) is 68.8 Å². The molecule has 0 saturated carbocycles. The molecule has 0 radical (unpaired) electrons. The highest BCUT2D eigenvalue weighted by molar-refractivity contribution is 14.1. The van der Waals surface area contributed by atoms with E-state index in [0.717, 1.165) is 12.8 Å². The third kappa shape index (κ3) is 3.35. The first-order valence-electron chi connectivity index (χ1n) is 6.49. The molecule has 2 aromatic rings. The number of hydrogen-bond donors (Lipinski definition) is 0. The monoisotopic (exact) mass is 350 g/mol. The summed E-state index contributed by atoms with van der Waals surface area (Å²) in [5.74, 6) is 0.605. The van der Waals surface area contributed by atoms with E-state index in [-0.39, 0.29) is 0 Å². The molecule has 0 spiro atoms. The van der Waals surface area contributed by atoms with Crippen LogP contribution in [0.15, 0.2) is 48.5 Å². The van der Waals surface area contributed by atoms with Gasteiger partial charge in [0.15, 0.2) is 0 Å². The predicted molar refractivity (Wildman–Crippen MR) is 87.1 cm³/mol. The maximum absolute atomic E-state index is 2.50. The van der Waals surface area contributed by atoms with Crippen LogP contribution in [0.2, 0.25) is 0 Å². The lowest BCUT2D eigenvalue weighted by Crippen LogP contribution is -1.99. The number of aryl methyl sites for hydroxylation is 2. The van der Waals surface area contributed by atoms with Crippen LogP contribution < -0.4 is 0 Å². The van der Waals surface area contributed by atoms with E-state index in [1.165, 1.54) is 20.3 Å². The highest BCUT2D eigenvalue weighted by Crippen LogP contribution is 2.25. The van der Waals surface area contributed by atoms with Crippen molar-refractivity contribution in [3.63, 3.8) is 0 Å². The minimum atomic E-state index is 0.605. The molecular weight excluding hydrogens is 331 g/mol.